The van der Waals surface area contributed by atoms with Gasteiger partial charge in [-0.2, -0.15) is 0 Å². The molecule has 2 rings (SSSR count). The molecule has 1 aliphatic heterocycles. The zero-order valence-corrected chi connectivity index (χ0v) is 12.6. The molecule has 3 nitrogen and oxygen atoms in total. The Morgan fingerprint density at radius 2 is 1.89 bits per heavy atom. The second kappa shape index (κ2) is 5.61. The lowest BCUT2D eigenvalue weighted by Gasteiger charge is -2.43. The van der Waals surface area contributed by atoms with Gasteiger partial charge in [-0.05, 0) is 50.1 Å². The zero-order chi connectivity index (χ0) is 14.0. The first-order valence-corrected chi connectivity index (χ1v) is 6.99. The van der Waals surface area contributed by atoms with Gasteiger partial charge in [0.15, 0.2) is 0 Å². The molecule has 2 N–H and O–H groups in total. The van der Waals surface area contributed by atoms with E-state index in [1.165, 1.54) is 22.3 Å². The Hall–Kier alpha value is -0.900. The fourth-order valence-corrected chi connectivity index (χ4v) is 2.77. The average Bonchev–Trinajstić information content (AvgIpc) is 2.35. The number of hydrogen-bond acceptors (Lipinski definition) is 3. The van der Waals surface area contributed by atoms with E-state index in [0.717, 1.165) is 26.3 Å². The number of ether oxygens (including phenoxy) is 1. The van der Waals surface area contributed by atoms with Crippen LogP contribution >= 0.6 is 0 Å². The van der Waals surface area contributed by atoms with Gasteiger partial charge in [0.2, 0.25) is 0 Å². The Bertz CT molecular complexity index is 447. The van der Waals surface area contributed by atoms with Crippen LogP contribution in [-0.4, -0.2) is 38.3 Å². The standard InChI is InChI=1S/C16H26N2O/c1-12-5-6-15(14(3)13(12)2)7-18(4)9-16(8-17)10-19-11-16/h5-6H,7-11,17H2,1-4H3. The molecule has 1 aromatic rings. The van der Waals surface area contributed by atoms with Crippen molar-refractivity contribution in [3.8, 4) is 0 Å². The molecule has 0 aromatic heterocycles. The van der Waals surface area contributed by atoms with Gasteiger partial charge in [-0.15, -0.1) is 0 Å². The molecule has 0 saturated carbocycles. The monoisotopic (exact) mass is 262 g/mol. The highest BCUT2D eigenvalue weighted by Gasteiger charge is 2.38. The Morgan fingerprint density at radius 3 is 2.42 bits per heavy atom. The summed E-state index contributed by atoms with van der Waals surface area (Å²) in [4.78, 5) is 2.37. The van der Waals surface area contributed by atoms with E-state index in [1.807, 2.05) is 0 Å². The number of nitrogens with two attached hydrogens (primary N) is 1. The second-order valence-electron chi connectivity index (χ2n) is 6.16. The highest BCUT2D eigenvalue weighted by atomic mass is 16.5. The van der Waals surface area contributed by atoms with Crippen LogP contribution in [0.4, 0.5) is 0 Å². The average molecular weight is 262 g/mol. The molecule has 0 aliphatic carbocycles. The zero-order valence-electron chi connectivity index (χ0n) is 12.6. The SMILES string of the molecule is Cc1ccc(CN(C)CC2(CN)COC2)c(C)c1C. The van der Waals surface area contributed by atoms with Gasteiger partial charge in [-0.25, -0.2) is 0 Å². The molecule has 0 unspecified atom stereocenters. The maximum Gasteiger partial charge on any atom is 0.0569 e. The van der Waals surface area contributed by atoms with Crippen molar-refractivity contribution >= 4 is 0 Å². The summed E-state index contributed by atoms with van der Waals surface area (Å²) >= 11 is 0. The lowest BCUT2D eigenvalue weighted by Crippen LogP contribution is -2.54. The van der Waals surface area contributed by atoms with E-state index in [2.05, 4.69) is 44.9 Å². The van der Waals surface area contributed by atoms with Crippen LogP contribution < -0.4 is 5.73 Å². The van der Waals surface area contributed by atoms with E-state index in [0.29, 0.717) is 6.54 Å². The molecular weight excluding hydrogens is 236 g/mol. The lowest BCUT2D eigenvalue weighted by molar-refractivity contribution is -0.118. The first-order valence-electron chi connectivity index (χ1n) is 6.99. The Kier molecular flexibility index (Phi) is 4.29. The summed E-state index contributed by atoms with van der Waals surface area (Å²) in [5.41, 5.74) is 11.7. The fraction of sp³-hybridized carbons (Fsp3) is 0.625. The molecule has 0 radical (unpaired) electrons. The van der Waals surface area contributed by atoms with Crippen molar-refractivity contribution in [2.75, 3.05) is 33.4 Å². The molecule has 0 bridgehead atoms. The summed E-state index contributed by atoms with van der Waals surface area (Å²) in [5, 5.41) is 0. The largest absolute Gasteiger partial charge is 0.380 e. The third-order valence-corrected chi connectivity index (χ3v) is 4.47. The van der Waals surface area contributed by atoms with Crippen LogP contribution in [0.15, 0.2) is 12.1 Å². The van der Waals surface area contributed by atoms with Crippen LogP contribution in [0.2, 0.25) is 0 Å². The first-order chi connectivity index (χ1) is 8.97. The van der Waals surface area contributed by atoms with Crippen LogP contribution in [0, 0.1) is 26.2 Å². The minimum atomic E-state index is 0.183. The highest BCUT2D eigenvalue weighted by molar-refractivity contribution is 5.38. The predicted octanol–water partition coefficient (Wildman–Crippen LogP) is 2.02. The number of nitrogens with zero attached hydrogens (tertiary/aromatic N) is 1. The van der Waals surface area contributed by atoms with Crippen LogP contribution in [-0.2, 0) is 11.3 Å². The van der Waals surface area contributed by atoms with Gasteiger partial charge >= 0.3 is 0 Å². The molecule has 0 amide bonds. The van der Waals surface area contributed by atoms with Gasteiger partial charge in [0, 0.05) is 25.0 Å². The lowest BCUT2D eigenvalue weighted by atomic mass is 9.85. The molecule has 1 saturated heterocycles. The molecule has 1 aliphatic rings. The van der Waals surface area contributed by atoms with E-state index in [4.69, 9.17) is 10.5 Å². The van der Waals surface area contributed by atoms with E-state index in [-0.39, 0.29) is 5.41 Å². The van der Waals surface area contributed by atoms with Crippen molar-refractivity contribution in [1.82, 2.24) is 4.90 Å². The summed E-state index contributed by atoms with van der Waals surface area (Å²) in [7, 11) is 2.17. The van der Waals surface area contributed by atoms with Crippen molar-refractivity contribution in [1.29, 1.82) is 0 Å². The third-order valence-electron chi connectivity index (χ3n) is 4.47. The smallest absolute Gasteiger partial charge is 0.0569 e. The number of aryl methyl sites for hydroxylation is 1. The molecule has 0 atom stereocenters. The summed E-state index contributed by atoms with van der Waals surface area (Å²) in [6.07, 6.45) is 0. The van der Waals surface area contributed by atoms with E-state index < -0.39 is 0 Å². The van der Waals surface area contributed by atoms with Crippen molar-refractivity contribution in [2.24, 2.45) is 11.1 Å². The number of benzene rings is 1. The van der Waals surface area contributed by atoms with E-state index in [1.54, 1.807) is 0 Å². The minimum Gasteiger partial charge on any atom is -0.380 e. The van der Waals surface area contributed by atoms with Gasteiger partial charge < -0.3 is 15.4 Å². The van der Waals surface area contributed by atoms with Crippen molar-refractivity contribution in [2.45, 2.75) is 27.3 Å². The summed E-state index contributed by atoms with van der Waals surface area (Å²) in [6.45, 7) is 10.9. The summed E-state index contributed by atoms with van der Waals surface area (Å²) < 4.78 is 5.33. The molecule has 1 fully saturated rings. The predicted molar refractivity (Wildman–Crippen MR) is 79.3 cm³/mol. The van der Waals surface area contributed by atoms with Gasteiger partial charge in [-0.1, -0.05) is 12.1 Å². The molecule has 1 aromatic carbocycles. The fourth-order valence-electron chi connectivity index (χ4n) is 2.77. The van der Waals surface area contributed by atoms with Crippen molar-refractivity contribution in [3.63, 3.8) is 0 Å². The molecule has 106 valence electrons. The van der Waals surface area contributed by atoms with E-state index >= 15 is 0 Å². The van der Waals surface area contributed by atoms with Crippen LogP contribution in [0.3, 0.4) is 0 Å². The van der Waals surface area contributed by atoms with E-state index in [9.17, 15) is 0 Å². The Labute approximate surface area is 116 Å². The topological polar surface area (TPSA) is 38.5 Å². The minimum absolute atomic E-state index is 0.183. The molecule has 3 heteroatoms. The van der Waals surface area contributed by atoms with Gasteiger partial charge in [0.25, 0.3) is 0 Å². The van der Waals surface area contributed by atoms with Gasteiger partial charge in [0.1, 0.15) is 0 Å². The normalized spacial score (nSPS) is 17.6. The summed E-state index contributed by atoms with van der Waals surface area (Å²) in [5.74, 6) is 0. The Balaban J connectivity index is 2.03. The molecule has 0 spiro atoms. The van der Waals surface area contributed by atoms with Crippen LogP contribution in [0.5, 0.6) is 0 Å². The first kappa shape index (κ1) is 14.5. The third kappa shape index (κ3) is 2.99. The van der Waals surface area contributed by atoms with Crippen molar-refractivity contribution in [3.05, 3.63) is 34.4 Å². The second-order valence-corrected chi connectivity index (χ2v) is 6.16. The highest BCUT2D eigenvalue weighted by Crippen LogP contribution is 2.28. The summed E-state index contributed by atoms with van der Waals surface area (Å²) in [6, 6.07) is 4.47. The molecule has 1 heterocycles. The molecule has 19 heavy (non-hydrogen) atoms. The Morgan fingerprint density at radius 1 is 1.21 bits per heavy atom. The van der Waals surface area contributed by atoms with Crippen molar-refractivity contribution < 1.29 is 4.74 Å². The van der Waals surface area contributed by atoms with Gasteiger partial charge in [-0.3, -0.25) is 0 Å². The molecular formula is C16H26N2O. The number of rotatable bonds is 5. The quantitative estimate of drug-likeness (QED) is 0.882. The van der Waals surface area contributed by atoms with Crippen LogP contribution in [0.1, 0.15) is 22.3 Å². The van der Waals surface area contributed by atoms with Crippen LogP contribution in [0.25, 0.3) is 0 Å². The van der Waals surface area contributed by atoms with Gasteiger partial charge in [0.05, 0.1) is 13.2 Å². The maximum atomic E-state index is 5.88. The maximum absolute atomic E-state index is 5.88. The number of hydrogen-bond donors (Lipinski definition) is 1.